The van der Waals surface area contributed by atoms with Crippen LogP contribution < -0.4 is 10.2 Å². The second kappa shape index (κ2) is 5.09. The number of likely N-dealkylation sites (N-methyl/N-ethyl adjacent to an activating group) is 1. The van der Waals surface area contributed by atoms with Gasteiger partial charge in [0.25, 0.3) is 5.91 Å². The van der Waals surface area contributed by atoms with Crippen LogP contribution in [0, 0.1) is 6.92 Å². The lowest BCUT2D eigenvalue weighted by molar-refractivity contribution is -0.132. The molecule has 1 aliphatic heterocycles. The number of ether oxygens (including phenoxy) is 1. The van der Waals surface area contributed by atoms with Gasteiger partial charge in [-0.15, -0.1) is 5.10 Å². The number of anilines is 1. The Labute approximate surface area is 100.0 Å². The molecule has 0 aliphatic carbocycles. The molecule has 1 fully saturated rings. The summed E-state index contributed by atoms with van der Waals surface area (Å²) in [5.41, 5.74) is 0.880. The summed E-state index contributed by atoms with van der Waals surface area (Å²) < 4.78 is 5.40. The van der Waals surface area contributed by atoms with E-state index in [0.717, 1.165) is 18.1 Å². The maximum absolute atomic E-state index is 11.5. The van der Waals surface area contributed by atoms with Gasteiger partial charge in [0.2, 0.25) is 0 Å². The molecule has 2 rings (SSSR count). The number of carbonyl (C=O) groups is 1. The van der Waals surface area contributed by atoms with Crippen molar-refractivity contribution in [2.24, 2.45) is 0 Å². The molecule has 1 saturated heterocycles. The third-order valence-electron chi connectivity index (χ3n) is 2.71. The average molecular weight is 236 g/mol. The standard InChI is InChI=1S/C11H16N4O2/c1-8-3-4-10(14-13-8)15-5-6-17-9(7-15)11(16)12-2/h3-4,9H,5-7H2,1-2H3,(H,12,16). The molecule has 1 atom stereocenters. The predicted molar refractivity (Wildman–Crippen MR) is 62.8 cm³/mol. The van der Waals surface area contributed by atoms with Gasteiger partial charge < -0.3 is 15.0 Å². The van der Waals surface area contributed by atoms with Gasteiger partial charge in [0.1, 0.15) is 0 Å². The van der Waals surface area contributed by atoms with Crippen LogP contribution in [-0.2, 0) is 9.53 Å². The molecular formula is C11H16N4O2. The van der Waals surface area contributed by atoms with Crippen molar-refractivity contribution in [3.63, 3.8) is 0 Å². The first-order valence-electron chi connectivity index (χ1n) is 5.59. The van der Waals surface area contributed by atoms with Gasteiger partial charge in [-0.3, -0.25) is 4.79 Å². The number of morpholine rings is 1. The van der Waals surface area contributed by atoms with Crippen LogP contribution >= 0.6 is 0 Å². The smallest absolute Gasteiger partial charge is 0.250 e. The molecule has 17 heavy (non-hydrogen) atoms. The first-order chi connectivity index (χ1) is 8.20. The highest BCUT2D eigenvalue weighted by Crippen LogP contribution is 2.14. The van der Waals surface area contributed by atoms with Gasteiger partial charge in [0, 0.05) is 13.6 Å². The Kier molecular flexibility index (Phi) is 3.53. The monoisotopic (exact) mass is 236 g/mol. The van der Waals surface area contributed by atoms with Crippen LogP contribution in [0.2, 0.25) is 0 Å². The second-order valence-corrected chi connectivity index (χ2v) is 3.95. The lowest BCUT2D eigenvalue weighted by Gasteiger charge is -2.32. The third-order valence-corrected chi connectivity index (χ3v) is 2.71. The maximum atomic E-state index is 11.5. The van der Waals surface area contributed by atoms with Crippen LogP contribution in [0.1, 0.15) is 5.69 Å². The highest BCUT2D eigenvalue weighted by molar-refractivity contribution is 5.81. The highest BCUT2D eigenvalue weighted by atomic mass is 16.5. The van der Waals surface area contributed by atoms with E-state index in [1.54, 1.807) is 7.05 Å². The number of carbonyl (C=O) groups excluding carboxylic acids is 1. The van der Waals surface area contributed by atoms with E-state index in [1.165, 1.54) is 0 Å². The SMILES string of the molecule is CNC(=O)C1CN(c2ccc(C)nn2)CCO1. The minimum Gasteiger partial charge on any atom is -0.365 e. The molecule has 0 saturated carbocycles. The van der Waals surface area contributed by atoms with Crippen LogP contribution in [0.15, 0.2) is 12.1 Å². The van der Waals surface area contributed by atoms with Crippen LogP contribution in [0.25, 0.3) is 0 Å². The lowest BCUT2D eigenvalue weighted by atomic mass is 10.2. The topological polar surface area (TPSA) is 67.4 Å². The fourth-order valence-electron chi connectivity index (χ4n) is 1.74. The Morgan fingerprint density at radius 3 is 3.00 bits per heavy atom. The molecule has 0 bridgehead atoms. The molecule has 1 unspecified atom stereocenters. The second-order valence-electron chi connectivity index (χ2n) is 3.95. The van der Waals surface area contributed by atoms with Gasteiger partial charge >= 0.3 is 0 Å². The summed E-state index contributed by atoms with van der Waals surface area (Å²) in [4.78, 5) is 13.5. The number of aromatic nitrogens is 2. The molecule has 6 heteroatoms. The van der Waals surface area contributed by atoms with Crippen molar-refractivity contribution >= 4 is 11.7 Å². The van der Waals surface area contributed by atoms with Crippen LogP contribution in [-0.4, -0.2) is 49.0 Å². The minimum absolute atomic E-state index is 0.102. The summed E-state index contributed by atoms with van der Waals surface area (Å²) in [6.45, 7) is 3.65. The number of nitrogens with zero attached hydrogens (tertiary/aromatic N) is 3. The van der Waals surface area contributed by atoms with Crippen LogP contribution in [0.3, 0.4) is 0 Å². The van der Waals surface area contributed by atoms with E-state index < -0.39 is 6.10 Å². The summed E-state index contributed by atoms with van der Waals surface area (Å²) in [7, 11) is 1.61. The molecule has 1 aromatic heterocycles. The molecule has 6 nitrogen and oxygen atoms in total. The average Bonchev–Trinajstić information content (AvgIpc) is 2.39. The van der Waals surface area contributed by atoms with E-state index in [9.17, 15) is 4.79 Å². The molecule has 2 heterocycles. The van der Waals surface area contributed by atoms with Crippen molar-refractivity contribution in [1.29, 1.82) is 0 Å². The Balaban J connectivity index is 2.06. The van der Waals surface area contributed by atoms with Crippen molar-refractivity contribution in [3.8, 4) is 0 Å². The Bertz CT molecular complexity index is 393. The van der Waals surface area contributed by atoms with Crippen molar-refractivity contribution in [2.45, 2.75) is 13.0 Å². The normalized spacial score (nSPS) is 20.1. The van der Waals surface area contributed by atoms with Crippen LogP contribution in [0.4, 0.5) is 5.82 Å². The van der Waals surface area contributed by atoms with Crippen molar-refractivity contribution in [1.82, 2.24) is 15.5 Å². The Morgan fingerprint density at radius 2 is 2.35 bits per heavy atom. The van der Waals surface area contributed by atoms with Gasteiger partial charge in [-0.05, 0) is 19.1 Å². The number of hydrogen-bond acceptors (Lipinski definition) is 5. The largest absolute Gasteiger partial charge is 0.365 e. The number of amides is 1. The first-order valence-corrected chi connectivity index (χ1v) is 5.59. The molecule has 0 aromatic carbocycles. The van der Waals surface area contributed by atoms with Crippen LogP contribution in [0.5, 0.6) is 0 Å². The molecule has 1 aromatic rings. The minimum atomic E-state index is -0.433. The molecular weight excluding hydrogens is 220 g/mol. The summed E-state index contributed by atoms with van der Waals surface area (Å²) in [6, 6.07) is 3.82. The van der Waals surface area contributed by atoms with Crippen molar-refractivity contribution in [3.05, 3.63) is 17.8 Å². The molecule has 1 aliphatic rings. The van der Waals surface area contributed by atoms with E-state index in [0.29, 0.717) is 13.2 Å². The van der Waals surface area contributed by atoms with E-state index in [2.05, 4.69) is 15.5 Å². The number of aryl methyl sites for hydroxylation is 1. The Morgan fingerprint density at radius 1 is 1.53 bits per heavy atom. The summed E-state index contributed by atoms with van der Waals surface area (Å²) in [6.07, 6.45) is -0.433. The summed E-state index contributed by atoms with van der Waals surface area (Å²) in [5.74, 6) is 0.683. The third kappa shape index (κ3) is 2.71. The zero-order chi connectivity index (χ0) is 12.3. The van der Waals surface area contributed by atoms with E-state index >= 15 is 0 Å². The van der Waals surface area contributed by atoms with Gasteiger partial charge in [0.05, 0.1) is 18.8 Å². The van der Waals surface area contributed by atoms with Gasteiger partial charge in [-0.1, -0.05) is 0 Å². The quantitative estimate of drug-likeness (QED) is 0.766. The van der Waals surface area contributed by atoms with Gasteiger partial charge in [0.15, 0.2) is 11.9 Å². The fourth-order valence-corrected chi connectivity index (χ4v) is 1.74. The van der Waals surface area contributed by atoms with E-state index in [-0.39, 0.29) is 5.91 Å². The number of hydrogen-bond donors (Lipinski definition) is 1. The number of rotatable bonds is 2. The Hall–Kier alpha value is -1.69. The highest BCUT2D eigenvalue weighted by Gasteiger charge is 2.26. The van der Waals surface area contributed by atoms with Gasteiger partial charge in [-0.25, -0.2) is 0 Å². The van der Waals surface area contributed by atoms with E-state index in [4.69, 9.17) is 4.74 Å². The first kappa shape index (κ1) is 11.8. The van der Waals surface area contributed by atoms with Crippen molar-refractivity contribution < 1.29 is 9.53 Å². The molecule has 0 spiro atoms. The fraction of sp³-hybridized carbons (Fsp3) is 0.545. The zero-order valence-electron chi connectivity index (χ0n) is 10.0. The summed E-state index contributed by atoms with van der Waals surface area (Å²) >= 11 is 0. The molecule has 1 amide bonds. The number of nitrogens with one attached hydrogen (secondary N) is 1. The van der Waals surface area contributed by atoms with Gasteiger partial charge in [-0.2, -0.15) is 5.10 Å². The molecule has 0 radical (unpaired) electrons. The maximum Gasteiger partial charge on any atom is 0.250 e. The molecule has 92 valence electrons. The van der Waals surface area contributed by atoms with Crippen molar-refractivity contribution in [2.75, 3.05) is 31.6 Å². The van der Waals surface area contributed by atoms with E-state index in [1.807, 2.05) is 24.0 Å². The zero-order valence-corrected chi connectivity index (χ0v) is 10.0. The molecule has 1 N–H and O–H groups in total. The lowest BCUT2D eigenvalue weighted by Crippen LogP contribution is -2.49. The predicted octanol–water partition coefficient (Wildman–Crippen LogP) is -0.264. The summed E-state index contributed by atoms with van der Waals surface area (Å²) in [5, 5.41) is 10.7.